The summed E-state index contributed by atoms with van der Waals surface area (Å²) in [7, 11) is 3.14. The second-order valence-corrected chi connectivity index (χ2v) is 2.58. The van der Waals surface area contributed by atoms with Crippen LogP contribution in [-0.4, -0.2) is 20.3 Å². The molecule has 0 aromatic carbocycles. The monoisotopic (exact) mass is 193 g/mol. The van der Waals surface area contributed by atoms with Crippen molar-refractivity contribution < 1.29 is 9.47 Å². The minimum atomic E-state index is -0.296. The topological polar surface area (TPSA) is 67.2 Å². The van der Waals surface area contributed by atoms with Gasteiger partial charge in [-0.1, -0.05) is 17.3 Å². The van der Waals surface area contributed by atoms with Gasteiger partial charge in [0, 0.05) is 18.2 Å². The third-order valence-electron chi connectivity index (χ3n) is 1.84. The molecule has 0 aromatic rings. The Hall–Kier alpha value is -1.71. The molecule has 0 fully saturated rings. The second kappa shape index (κ2) is 5.11. The molecule has 0 N–H and O–H groups in total. The molecule has 1 aliphatic carbocycles. The Morgan fingerprint density at radius 2 is 2.36 bits per heavy atom. The van der Waals surface area contributed by atoms with E-state index in [2.05, 4.69) is 10.0 Å². The lowest BCUT2D eigenvalue weighted by molar-refractivity contribution is 0.104. The minimum absolute atomic E-state index is 0.296. The maximum absolute atomic E-state index is 8.18. The van der Waals surface area contributed by atoms with Crippen LogP contribution in [0.25, 0.3) is 10.4 Å². The van der Waals surface area contributed by atoms with Gasteiger partial charge in [-0.15, -0.1) is 0 Å². The molecule has 1 atom stereocenters. The Morgan fingerprint density at radius 1 is 1.57 bits per heavy atom. The largest absolute Gasteiger partial charge is 0.498 e. The van der Waals surface area contributed by atoms with Crippen LogP contribution in [0.15, 0.2) is 40.9 Å². The van der Waals surface area contributed by atoms with Crippen molar-refractivity contribution in [2.75, 3.05) is 14.2 Å². The average Bonchev–Trinajstić information content (AvgIpc) is 2.25. The van der Waals surface area contributed by atoms with Gasteiger partial charge in [-0.25, -0.2) is 0 Å². The van der Waals surface area contributed by atoms with E-state index in [4.69, 9.17) is 15.0 Å². The fraction of sp³-hybridized carbons (Fsp3) is 0.333. The first-order valence-corrected chi connectivity index (χ1v) is 4.02. The normalized spacial score (nSPS) is 22.9. The third-order valence-corrected chi connectivity index (χ3v) is 1.84. The lowest BCUT2D eigenvalue weighted by Crippen LogP contribution is -2.19. The summed E-state index contributed by atoms with van der Waals surface area (Å²) in [6, 6.07) is 0. The summed E-state index contributed by atoms with van der Waals surface area (Å²) in [5.41, 5.74) is 8.95. The number of methoxy groups -OCH3 is 2. The number of nitrogens with zero attached hydrogens (tertiary/aromatic N) is 3. The van der Waals surface area contributed by atoms with Crippen LogP contribution < -0.4 is 0 Å². The molecular formula is C9H11N3O2. The van der Waals surface area contributed by atoms with Crippen molar-refractivity contribution in [3.63, 3.8) is 0 Å². The SMILES string of the molecule is COC1=CC=CC(=CN=[N+]=[N-])C1OC. The van der Waals surface area contributed by atoms with E-state index >= 15 is 0 Å². The number of hydrogen-bond donors (Lipinski definition) is 0. The van der Waals surface area contributed by atoms with Gasteiger partial charge in [0.25, 0.3) is 0 Å². The Morgan fingerprint density at radius 3 is 2.93 bits per heavy atom. The van der Waals surface area contributed by atoms with Crippen molar-refractivity contribution in [3.05, 3.63) is 46.2 Å². The summed E-state index contributed by atoms with van der Waals surface area (Å²) in [6.07, 6.45) is 6.55. The highest BCUT2D eigenvalue weighted by molar-refractivity contribution is 5.37. The van der Waals surface area contributed by atoms with Gasteiger partial charge in [0.15, 0.2) is 0 Å². The molecule has 0 bridgehead atoms. The van der Waals surface area contributed by atoms with Crippen LogP contribution >= 0.6 is 0 Å². The zero-order chi connectivity index (χ0) is 10.4. The number of ether oxygens (including phenoxy) is 2. The van der Waals surface area contributed by atoms with E-state index in [1.54, 1.807) is 14.2 Å². The van der Waals surface area contributed by atoms with E-state index in [0.29, 0.717) is 5.76 Å². The lowest BCUT2D eigenvalue weighted by atomic mass is 10.0. The molecule has 0 radical (unpaired) electrons. The Labute approximate surface area is 81.9 Å². The highest BCUT2D eigenvalue weighted by Gasteiger charge is 2.19. The molecule has 0 heterocycles. The van der Waals surface area contributed by atoms with Gasteiger partial charge in [0.2, 0.25) is 0 Å². The lowest BCUT2D eigenvalue weighted by Gasteiger charge is -2.21. The summed E-state index contributed by atoms with van der Waals surface area (Å²) in [5, 5.41) is 3.37. The fourth-order valence-electron chi connectivity index (χ4n) is 1.22. The van der Waals surface area contributed by atoms with Crippen LogP contribution in [0, 0.1) is 0 Å². The van der Waals surface area contributed by atoms with Crippen molar-refractivity contribution in [3.8, 4) is 0 Å². The molecule has 0 saturated heterocycles. The molecule has 0 aliphatic heterocycles. The van der Waals surface area contributed by atoms with Gasteiger partial charge in [-0.2, -0.15) is 0 Å². The molecule has 1 aliphatic rings. The Balaban J connectivity index is 2.95. The zero-order valence-corrected chi connectivity index (χ0v) is 8.04. The number of hydrogen-bond acceptors (Lipinski definition) is 3. The number of azide groups is 1. The van der Waals surface area contributed by atoms with Crippen LogP contribution in [-0.2, 0) is 9.47 Å². The van der Waals surface area contributed by atoms with Crippen molar-refractivity contribution in [1.29, 1.82) is 0 Å². The summed E-state index contributed by atoms with van der Waals surface area (Å²) >= 11 is 0. The average molecular weight is 193 g/mol. The minimum Gasteiger partial charge on any atom is -0.498 e. The van der Waals surface area contributed by atoms with Crippen LogP contribution in [0.1, 0.15) is 0 Å². The highest BCUT2D eigenvalue weighted by atomic mass is 16.5. The molecule has 14 heavy (non-hydrogen) atoms. The third kappa shape index (κ3) is 2.16. The fourth-order valence-corrected chi connectivity index (χ4v) is 1.22. The maximum atomic E-state index is 8.18. The highest BCUT2D eigenvalue weighted by Crippen LogP contribution is 2.21. The van der Waals surface area contributed by atoms with E-state index < -0.39 is 0 Å². The van der Waals surface area contributed by atoms with E-state index in [-0.39, 0.29) is 6.10 Å². The van der Waals surface area contributed by atoms with Crippen molar-refractivity contribution in [2.45, 2.75) is 6.10 Å². The quantitative estimate of drug-likeness (QED) is 0.392. The first-order chi connectivity index (χ1) is 6.83. The van der Waals surface area contributed by atoms with Gasteiger partial charge in [0.1, 0.15) is 11.9 Å². The van der Waals surface area contributed by atoms with E-state index in [0.717, 1.165) is 5.57 Å². The Kier molecular flexibility index (Phi) is 3.79. The van der Waals surface area contributed by atoms with Gasteiger partial charge in [-0.05, 0) is 17.2 Å². The second-order valence-electron chi connectivity index (χ2n) is 2.58. The molecule has 5 nitrogen and oxygen atoms in total. The van der Waals surface area contributed by atoms with E-state index in [1.807, 2.05) is 18.2 Å². The summed E-state index contributed by atoms with van der Waals surface area (Å²) in [6.45, 7) is 0. The molecule has 0 aromatic heterocycles. The molecule has 0 spiro atoms. The van der Waals surface area contributed by atoms with Gasteiger partial charge in [-0.3, -0.25) is 0 Å². The molecule has 1 rings (SSSR count). The van der Waals surface area contributed by atoms with E-state index in [9.17, 15) is 0 Å². The predicted octanol–water partition coefficient (Wildman–Crippen LogP) is 2.30. The molecular weight excluding hydrogens is 182 g/mol. The standard InChI is InChI=1S/C9H11N3O2/c1-13-8-5-3-4-7(6-11-12-10)9(8)14-2/h3-6,9H,1-2H3. The van der Waals surface area contributed by atoms with E-state index in [1.165, 1.54) is 6.20 Å². The molecule has 5 heteroatoms. The van der Waals surface area contributed by atoms with Crippen molar-refractivity contribution in [2.24, 2.45) is 5.11 Å². The molecule has 0 amide bonds. The van der Waals surface area contributed by atoms with Crippen LogP contribution in [0.4, 0.5) is 0 Å². The summed E-state index contributed by atoms with van der Waals surface area (Å²) in [5.74, 6) is 0.689. The van der Waals surface area contributed by atoms with Crippen molar-refractivity contribution >= 4 is 0 Å². The first kappa shape index (κ1) is 10.4. The summed E-state index contributed by atoms with van der Waals surface area (Å²) in [4.78, 5) is 2.65. The Bertz CT molecular complexity index is 338. The molecule has 74 valence electrons. The van der Waals surface area contributed by atoms with Crippen LogP contribution in [0.3, 0.4) is 0 Å². The van der Waals surface area contributed by atoms with Gasteiger partial charge in [0.05, 0.1) is 7.11 Å². The van der Waals surface area contributed by atoms with Crippen LogP contribution in [0.2, 0.25) is 0 Å². The van der Waals surface area contributed by atoms with Crippen molar-refractivity contribution in [1.82, 2.24) is 0 Å². The molecule has 1 unspecified atom stereocenters. The first-order valence-electron chi connectivity index (χ1n) is 4.02. The number of allylic oxidation sites excluding steroid dienone is 2. The zero-order valence-electron chi connectivity index (χ0n) is 8.04. The maximum Gasteiger partial charge on any atom is 0.139 e. The van der Waals surface area contributed by atoms with Crippen LogP contribution in [0.5, 0.6) is 0 Å². The van der Waals surface area contributed by atoms with Gasteiger partial charge >= 0.3 is 0 Å². The van der Waals surface area contributed by atoms with Gasteiger partial charge < -0.3 is 9.47 Å². The predicted molar refractivity (Wildman–Crippen MR) is 52.3 cm³/mol. The smallest absolute Gasteiger partial charge is 0.139 e. The number of rotatable bonds is 3. The molecule has 0 saturated carbocycles. The summed E-state index contributed by atoms with van der Waals surface area (Å²) < 4.78 is 10.3.